The molecule has 4 rings (SSSR count). The molecule has 1 aliphatic rings. The van der Waals surface area contributed by atoms with Crippen LogP contribution in [0.2, 0.25) is 0 Å². The number of amides is 1. The number of hydrogen-bond acceptors (Lipinski definition) is 6. The molecule has 1 aromatic heterocycles. The van der Waals surface area contributed by atoms with Crippen molar-refractivity contribution >= 4 is 23.2 Å². The van der Waals surface area contributed by atoms with Crippen LogP contribution in [0.15, 0.2) is 48.8 Å². The fourth-order valence-corrected chi connectivity index (χ4v) is 2.84. The molecule has 0 radical (unpaired) electrons. The monoisotopic (exact) mass is 376 g/mol. The van der Waals surface area contributed by atoms with Crippen LogP contribution in [0.5, 0.6) is 11.5 Å². The van der Waals surface area contributed by atoms with Crippen molar-refractivity contribution in [1.29, 1.82) is 0 Å². The quantitative estimate of drug-likeness (QED) is 0.719. The Morgan fingerprint density at radius 3 is 2.54 bits per heavy atom. The first-order chi connectivity index (χ1) is 13.6. The Bertz CT molecular complexity index is 1020. The molecule has 2 heterocycles. The van der Waals surface area contributed by atoms with Crippen molar-refractivity contribution in [3.63, 3.8) is 0 Å². The second kappa shape index (κ2) is 7.56. The van der Waals surface area contributed by atoms with Crippen LogP contribution >= 0.6 is 0 Å². The Hall–Kier alpha value is -3.61. The fourth-order valence-electron chi connectivity index (χ4n) is 2.84. The normalized spacial score (nSPS) is 12.4. The molecule has 1 aliphatic heterocycles. The van der Waals surface area contributed by atoms with E-state index in [1.165, 1.54) is 12.4 Å². The first-order valence-electron chi connectivity index (χ1n) is 8.96. The van der Waals surface area contributed by atoms with Crippen molar-refractivity contribution in [3.8, 4) is 11.5 Å². The lowest BCUT2D eigenvalue weighted by Crippen LogP contribution is -2.15. The number of nitrogens with zero attached hydrogens (tertiary/aromatic N) is 2. The second-order valence-corrected chi connectivity index (χ2v) is 6.48. The molecule has 1 amide bonds. The molecular weight excluding hydrogens is 356 g/mol. The van der Waals surface area contributed by atoms with Crippen LogP contribution in [-0.4, -0.2) is 29.1 Å². The maximum atomic E-state index is 12.5. The van der Waals surface area contributed by atoms with Crippen molar-refractivity contribution in [2.24, 2.45) is 0 Å². The fraction of sp³-hybridized carbons (Fsp3) is 0.190. The molecule has 0 saturated carbocycles. The number of carbonyl (C=O) groups is 1. The van der Waals surface area contributed by atoms with Gasteiger partial charge in [0.15, 0.2) is 11.5 Å². The molecule has 2 aromatic carbocycles. The first-order valence-corrected chi connectivity index (χ1v) is 8.96. The average molecular weight is 376 g/mol. The number of benzene rings is 2. The number of carbonyl (C=O) groups excluding carboxylic acids is 1. The lowest BCUT2D eigenvalue weighted by Gasteiger charge is -2.19. The van der Waals surface area contributed by atoms with E-state index in [1.54, 1.807) is 0 Å². The van der Waals surface area contributed by atoms with Gasteiger partial charge in [-0.05, 0) is 43.2 Å². The molecule has 7 heteroatoms. The van der Waals surface area contributed by atoms with Crippen LogP contribution < -0.4 is 20.1 Å². The highest BCUT2D eigenvalue weighted by Gasteiger charge is 2.13. The number of rotatable bonds is 4. The number of hydrogen-bond donors (Lipinski definition) is 2. The van der Waals surface area contributed by atoms with E-state index in [0.29, 0.717) is 30.5 Å². The van der Waals surface area contributed by atoms with Crippen LogP contribution in [0.25, 0.3) is 0 Å². The van der Waals surface area contributed by atoms with Gasteiger partial charge in [0.1, 0.15) is 13.2 Å². The summed E-state index contributed by atoms with van der Waals surface area (Å²) in [6.45, 7) is 5.06. The molecule has 0 unspecified atom stereocenters. The van der Waals surface area contributed by atoms with E-state index in [4.69, 9.17) is 9.47 Å². The van der Waals surface area contributed by atoms with Gasteiger partial charge in [0.05, 0.1) is 5.56 Å². The lowest BCUT2D eigenvalue weighted by molar-refractivity contribution is 0.102. The molecule has 2 N–H and O–H groups in total. The van der Waals surface area contributed by atoms with E-state index in [9.17, 15) is 4.79 Å². The van der Waals surface area contributed by atoms with Gasteiger partial charge in [0, 0.05) is 29.8 Å². The van der Waals surface area contributed by atoms with Crippen molar-refractivity contribution < 1.29 is 14.3 Å². The number of aryl methyl sites for hydroxylation is 1. The standard InChI is InChI=1S/C21H20N4O3/c1-13-4-3-5-17(14(13)2)25-20(26)15-11-22-21(23-12-15)24-16-6-7-18-19(10-16)28-9-8-27-18/h3-7,10-12H,8-9H2,1-2H3,(H,25,26)(H,22,23,24). The molecule has 0 bridgehead atoms. The summed E-state index contributed by atoms with van der Waals surface area (Å²) in [6.07, 6.45) is 2.99. The van der Waals surface area contributed by atoms with Gasteiger partial charge < -0.3 is 20.1 Å². The zero-order valence-corrected chi connectivity index (χ0v) is 15.7. The van der Waals surface area contributed by atoms with Gasteiger partial charge >= 0.3 is 0 Å². The third kappa shape index (κ3) is 3.73. The van der Waals surface area contributed by atoms with E-state index in [2.05, 4.69) is 20.6 Å². The summed E-state index contributed by atoms with van der Waals surface area (Å²) in [5.74, 6) is 1.54. The molecule has 142 valence electrons. The van der Waals surface area contributed by atoms with Gasteiger partial charge in [-0.3, -0.25) is 4.79 Å². The number of aromatic nitrogens is 2. The Balaban J connectivity index is 1.45. The Labute approximate surface area is 162 Å². The van der Waals surface area contributed by atoms with E-state index in [0.717, 1.165) is 28.3 Å². The van der Waals surface area contributed by atoms with E-state index >= 15 is 0 Å². The molecule has 7 nitrogen and oxygen atoms in total. The third-order valence-corrected chi connectivity index (χ3v) is 4.57. The van der Waals surface area contributed by atoms with Crippen molar-refractivity contribution in [1.82, 2.24) is 9.97 Å². The summed E-state index contributed by atoms with van der Waals surface area (Å²) in [4.78, 5) is 20.9. The summed E-state index contributed by atoms with van der Waals surface area (Å²) in [5, 5.41) is 6.00. The van der Waals surface area contributed by atoms with Crippen molar-refractivity contribution in [3.05, 3.63) is 65.5 Å². The van der Waals surface area contributed by atoms with Crippen LogP contribution in [0.1, 0.15) is 21.5 Å². The Morgan fingerprint density at radius 1 is 1.00 bits per heavy atom. The van der Waals surface area contributed by atoms with Crippen LogP contribution in [0.3, 0.4) is 0 Å². The third-order valence-electron chi connectivity index (χ3n) is 4.57. The van der Waals surface area contributed by atoms with Gasteiger partial charge in [-0.2, -0.15) is 0 Å². The molecular formula is C21H20N4O3. The summed E-state index contributed by atoms with van der Waals surface area (Å²) in [7, 11) is 0. The molecule has 0 atom stereocenters. The minimum atomic E-state index is -0.250. The highest BCUT2D eigenvalue weighted by Crippen LogP contribution is 2.33. The summed E-state index contributed by atoms with van der Waals surface area (Å²) in [5.41, 5.74) is 4.09. The lowest BCUT2D eigenvalue weighted by atomic mass is 10.1. The highest BCUT2D eigenvalue weighted by molar-refractivity contribution is 6.04. The Morgan fingerprint density at radius 2 is 1.75 bits per heavy atom. The Kier molecular flexibility index (Phi) is 4.80. The highest BCUT2D eigenvalue weighted by atomic mass is 16.6. The van der Waals surface area contributed by atoms with E-state index < -0.39 is 0 Å². The number of nitrogens with one attached hydrogen (secondary N) is 2. The maximum absolute atomic E-state index is 12.5. The SMILES string of the molecule is Cc1cccc(NC(=O)c2cnc(Nc3ccc4c(c3)OCCO4)nc2)c1C. The molecule has 0 saturated heterocycles. The van der Waals surface area contributed by atoms with E-state index in [-0.39, 0.29) is 5.91 Å². The average Bonchev–Trinajstić information content (AvgIpc) is 2.72. The first kappa shape index (κ1) is 17.8. The van der Waals surface area contributed by atoms with Crippen LogP contribution in [0.4, 0.5) is 17.3 Å². The number of anilines is 3. The molecule has 0 fully saturated rings. The van der Waals surface area contributed by atoms with Crippen molar-refractivity contribution in [2.75, 3.05) is 23.8 Å². The molecule has 28 heavy (non-hydrogen) atoms. The van der Waals surface area contributed by atoms with Gasteiger partial charge in [0.25, 0.3) is 5.91 Å². The smallest absolute Gasteiger partial charge is 0.258 e. The summed E-state index contributed by atoms with van der Waals surface area (Å²) < 4.78 is 11.1. The zero-order chi connectivity index (χ0) is 19.5. The number of ether oxygens (including phenoxy) is 2. The summed E-state index contributed by atoms with van der Waals surface area (Å²) >= 11 is 0. The topological polar surface area (TPSA) is 85.4 Å². The predicted octanol–water partition coefficient (Wildman–Crippen LogP) is 3.86. The van der Waals surface area contributed by atoms with E-state index in [1.807, 2.05) is 50.2 Å². The minimum Gasteiger partial charge on any atom is -0.486 e. The van der Waals surface area contributed by atoms with Crippen LogP contribution in [-0.2, 0) is 0 Å². The van der Waals surface area contributed by atoms with Crippen molar-refractivity contribution in [2.45, 2.75) is 13.8 Å². The minimum absolute atomic E-state index is 0.250. The molecule has 0 spiro atoms. The molecule has 0 aliphatic carbocycles. The van der Waals surface area contributed by atoms with Crippen LogP contribution in [0, 0.1) is 13.8 Å². The number of fused-ring (bicyclic) bond motifs is 1. The van der Waals surface area contributed by atoms with Gasteiger partial charge in [-0.1, -0.05) is 12.1 Å². The molecule has 3 aromatic rings. The zero-order valence-electron chi connectivity index (χ0n) is 15.7. The maximum Gasteiger partial charge on any atom is 0.258 e. The second-order valence-electron chi connectivity index (χ2n) is 6.48. The summed E-state index contributed by atoms with van der Waals surface area (Å²) in [6, 6.07) is 11.3. The van der Waals surface area contributed by atoms with Gasteiger partial charge in [-0.15, -0.1) is 0 Å². The van der Waals surface area contributed by atoms with Gasteiger partial charge in [-0.25, -0.2) is 9.97 Å². The van der Waals surface area contributed by atoms with Gasteiger partial charge in [0.2, 0.25) is 5.95 Å². The largest absolute Gasteiger partial charge is 0.486 e. The predicted molar refractivity (Wildman–Crippen MR) is 107 cm³/mol.